The maximum absolute atomic E-state index is 4.68. The van der Waals surface area contributed by atoms with E-state index in [1.54, 1.807) is 0 Å². The van der Waals surface area contributed by atoms with E-state index < -0.39 is 0 Å². The quantitative estimate of drug-likeness (QED) is 0.701. The third-order valence-electron chi connectivity index (χ3n) is 3.79. The second kappa shape index (κ2) is 6.75. The first-order valence-electron chi connectivity index (χ1n) is 7.82. The van der Waals surface area contributed by atoms with Crippen molar-refractivity contribution in [3.8, 4) is 11.4 Å². The van der Waals surface area contributed by atoms with Crippen LogP contribution in [0, 0.1) is 0 Å². The van der Waals surface area contributed by atoms with Gasteiger partial charge in [0.05, 0.1) is 12.2 Å². The lowest BCUT2D eigenvalue weighted by atomic mass is 10.2. The van der Waals surface area contributed by atoms with Gasteiger partial charge in [0.2, 0.25) is 0 Å². The summed E-state index contributed by atoms with van der Waals surface area (Å²) in [6.07, 6.45) is 1.85. The van der Waals surface area contributed by atoms with Crippen LogP contribution in [0.25, 0.3) is 11.4 Å². The third-order valence-corrected chi connectivity index (χ3v) is 3.79. The van der Waals surface area contributed by atoms with Crippen LogP contribution in [0.3, 0.4) is 0 Å². The van der Waals surface area contributed by atoms with Crippen molar-refractivity contribution in [1.82, 2.24) is 29.4 Å². The molecular weight excluding hydrogens is 288 g/mol. The first-order chi connectivity index (χ1) is 11.2. The molecule has 0 saturated heterocycles. The van der Waals surface area contributed by atoms with E-state index in [1.807, 2.05) is 40.8 Å². The summed E-state index contributed by atoms with van der Waals surface area (Å²) in [5, 5.41) is 8.85. The summed E-state index contributed by atoms with van der Waals surface area (Å²) < 4.78 is 3.85. The molecule has 0 N–H and O–H groups in total. The van der Waals surface area contributed by atoms with Crippen LogP contribution in [-0.4, -0.2) is 36.5 Å². The van der Waals surface area contributed by atoms with Crippen molar-refractivity contribution >= 4 is 0 Å². The summed E-state index contributed by atoms with van der Waals surface area (Å²) in [5.41, 5.74) is 2.29. The summed E-state index contributed by atoms with van der Waals surface area (Å²) in [7, 11) is 4.01. The highest BCUT2D eigenvalue weighted by Crippen LogP contribution is 2.16. The van der Waals surface area contributed by atoms with Crippen LogP contribution in [0.5, 0.6) is 0 Å². The van der Waals surface area contributed by atoms with Crippen LogP contribution in [-0.2, 0) is 26.7 Å². The molecule has 23 heavy (non-hydrogen) atoms. The van der Waals surface area contributed by atoms with E-state index >= 15 is 0 Å². The molecule has 0 saturated carbocycles. The first-order valence-corrected chi connectivity index (χ1v) is 7.82. The number of aromatic nitrogens is 5. The number of aryl methyl sites for hydroxylation is 2. The Labute approximate surface area is 136 Å². The van der Waals surface area contributed by atoms with Crippen molar-refractivity contribution in [3.05, 3.63) is 54.1 Å². The molecule has 0 fully saturated rings. The zero-order valence-electron chi connectivity index (χ0n) is 13.8. The highest BCUT2D eigenvalue weighted by atomic mass is 15.3. The Balaban J connectivity index is 1.71. The zero-order valence-corrected chi connectivity index (χ0v) is 13.8. The average Bonchev–Trinajstić information content (AvgIpc) is 3.14. The van der Waals surface area contributed by atoms with E-state index in [-0.39, 0.29) is 0 Å². The van der Waals surface area contributed by atoms with E-state index in [2.05, 4.69) is 52.3 Å². The zero-order chi connectivity index (χ0) is 16.2. The molecule has 0 atom stereocenters. The molecule has 0 aliphatic rings. The Bertz CT molecular complexity index is 758. The summed E-state index contributed by atoms with van der Waals surface area (Å²) in [4.78, 5) is 6.88. The summed E-state index contributed by atoms with van der Waals surface area (Å²) in [6, 6.07) is 12.2. The van der Waals surface area contributed by atoms with E-state index in [0.29, 0.717) is 6.54 Å². The maximum atomic E-state index is 4.68. The van der Waals surface area contributed by atoms with E-state index in [9.17, 15) is 0 Å². The van der Waals surface area contributed by atoms with Crippen molar-refractivity contribution in [1.29, 1.82) is 0 Å². The van der Waals surface area contributed by atoms with Gasteiger partial charge in [0, 0.05) is 31.9 Å². The van der Waals surface area contributed by atoms with Gasteiger partial charge in [-0.25, -0.2) is 9.67 Å². The highest BCUT2D eigenvalue weighted by Gasteiger charge is 2.12. The topological polar surface area (TPSA) is 51.8 Å². The van der Waals surface area contributed by atoms with Gasteiger partial charge in [0.25, 0.3) is 0 Å². The van der Waals surface area contributed by atoms with Crippen LogP contribution in [0.2, 0.25) is 0 Å². The van der Waals surface area contributed by atoms with Gasteiger partial charge in [-0.15, -0.1) is 0 Å². The van der Waals surface area contributed by atoms with E-state index in [4.69, 9.17) is 0 Å². The normalized spacial score (nSPS) is 11.3. The molecule has 120 valence electrons. The molecule has 3 rings (SSSR count). The minimum atomic E-state index is 0.704. The molecule has 6 heteroatoms. The number of nitrogens with zero attached hydrogens (tertiary/aromatic N) is 6. The maximum Gasteiger partial charge on any atom is 0.165 e. The monoisotopic (exact) mass is 310 g/mol. The number of hydrogen-bond donors (Lipinski definition) is 0. The second-order valence-corrected chi connectivity index (χ2v) is 5.65. The minimum absolute atomic E-state index is 0.704. The Kier molecular flexibility index (Phi) is 4.52. The molecule has 1 aromatic carbocycles. The standard InChI is InChI=1S/C17H22N6/c1-4-23-15(10-11-18-23)12-21(2)13-16-19-17(22(3)20-16)14-8-6-5-7-9-14/h5-11H,4,12-13H2,1-3H3. The number of benzene rings is 1. The molecule has 0 bridgehead atoms. The molecule has 3 aromatic rings. The molecule has 0 amide bonds. The Morgan fingerprint density at radius 2 is 1.87 bits per heavy atom. The van der Waals surface area contributed by atoms with Gasteiger partial charge in [-0.2, -0.15) is 10.2 Å². The molecule has 0 aliphatic carbocycles. The lowest BCUT2D eigenvalue weighted by Crippen LogP contribution is -2.20. The number of hydrogen-bond acceptors (Lipinski definition) is 4. The molecule has 0 unspecified atom stereocenters. The van der Waals surface area contributed by atoms with Crippen LogP contribution in [0.1, 0.15) is 18.4 Å². The Hall–Kier alpha value is -2.47. The molecule has 2 heterocycles. The van der Waals surface area contributed by atoms with Gasteiger partial charge in [-0.1, -0.05) is 30.3 Å². The van der Waals surface area contributed by atoms with Gasteiger partial charge in [-0.05, 0) is 20.0 Å². The fourth-order valence-electron chi connectivity index (χ4n) is 2.70. The molecular formula is C17H22N6. The van der Waals surface area contributed by atoms with E-state index in [1.165, 1.54) is 5.69 Å². The van der Waals surface area contributed by atoms with Crippen LogP contribution < -0.4 is 0 Å². The molecule has 2 aromatic heterocycles. The van der Waals surface area contributed by atoms with Gasteiger partial charge < -0.3 is 0 Å². The smallest absolute Gasteiger partial charge is 0.165 e. The summed E-state index contributed by atoms with van der Waals surface area (Å²) >= 11 is 0. The summed E-state index contributed by atoms with van der Waals surface area (Å²) in [5.74, 6) is 1.73. The second-order valence-electron chi connectivity index (χ2n) is 5.65. The Morgan fingerprint density at radius 1 is 1.09 bits per heavy atom. The summed E-state index contributed by atoms with van der Waals surface area (Å²) in [6.45, 7) is 4.52. The molecule has 6 nitrogen and oxygen atoms in total. The molecule has 0 radical (unpaired) electrons. The van der Waals surface area contributed by atoms with Gasteiger partial charge in [-0.3, -0.25) is 9.58 Å². The van der Waals surface area contributed by atoms with Crippen molar-refractivity contribution < 1.29 is 0 Å². The van der Waals surface area contributed by atoms with Crippen LogP contribution in [0.15, 0.2) is 42.6 Å². The predicted octanol–water partition coefficient (Wildman–Crippen LogP) is 2.33. The van der Waals surface area contributed by atoms with Crippen molar-refractivity contribution in [2.75, 3.05) is 7.05 Å². The molecule has 0 spiro atoms. The largest absolute Gasteiger partial charge is 0.293 e. The fraction of sp³-hybridized carbons (Fsp3) is 0.353. The lowest BCUT2D eigenvalue weighted by Gasteiger charge is -2.15. The van der Waals surface area contributed by atoms with Crippen LogP contribution in [0.4, 0.5) is 0 Å². The van der Waals surface area contributed by atoms with Crippen molar-refractivity contribution in [2.45, 2.75) is 26.6 Å². The van der Waals surface area contributed by atoms with Crippen molar-refractivity contribution in [3.63, 3.8) is 0 Å². The number of rotatable bonds is 6. The highest BCUT2D eigenvalue weighted by molar-refractivity contribution is 5.54. The molecule has 0 aliphatic heterocycles. The van der Waals surface area contributed by atoms with Crippen molar-refractivity contribution in [2.24, 2.45) is 7.05 Å². The van der Waals surface area contributed by atoms with Gasteiger partial charge >= 0.3 is 0 Å². The van der Waals surface area contributed by atoms with Gasteiger partial charge in [0.15, 0.2) is 11.6 Å². The first kappa shape index (κ1) is 15.4. The Morgan fingerprint density at radius 3 is 2.61 bits per heavy atom. The average molecular weight is 310 g/mol. The van der Waals surface area contributed by atoms with E-state index in [0.717, 1.165) is 30.3 Å². The minimum Gasteiger partial charge on any atom is -0.293 e. The third kappa shape index (κ3) is 3.48. The lowest BCUT2D eigenvalue weighted by molar-refractivity contribution is 0.299. The fourth-order valence-corrected chi connectivity index (χ4v) is 2.70. The predicted molar refractivity (Wildman–Crippen MR) is 89.5 cm³/mol. The van der Waals surface area contributed by atoms with Gasteiger partial charge in [0.1, 0.15) is 0 Å². The SMILES string of the molecule is CCn1nccc1CN(C)Cc1nc(-c2ccccc2)n(C)n1. The van der Waals surface area contributed by atoms with Crippen LogP contribution >= 0.6 is 0 Å².